The molecule has 0 aliphatic heterocycles. The van der Waals surface area contributed by atoms with Gasteiger partial charge in [0.15, 0.2) is 20.2 Å². The molecule has 130 valence electrons. The van der Waals surface area contributed by atoms with Crippen LogP contribution in [0.4, 0.5) is 0 Å². The van der Waals surface area contributed by atoms with E-state index < -0.39 is 0 Å². The number of Topliss-reactive ketones (excluding diaryl/α,β-unsaturated/α-hetero) is 2. The number of nitrogens with zero attached hydrogens (tertiary/aromatic N) is 2. The third-order valence-electron chi connectivity index (χ3n) is 3.07. The van der Waals surface area contributed by atoms with Gasteiger partial charge in [0.05, 0.1) is 21.3 Å². The molecule has 9 heteroatoms. The van der Waals surface area contributed by atoms with E-state index in [-0.39, 0.29) is 11.6 Å². The standard InChI is InChI=1S/C16H14N2O2S5/c1-9-3-5-13(23-9)11(19)7-21-15-17-18-16(25-15)22-8-12(20)14-6-4-10(2)24-14/h3-6H,7-8H2,1-2H3. The number of carbonyl (C=O) groups excluding carboxylic acids is 2. The summed E-state index contributed by atoms with van der Waals surface area (Å²) in [4.78, 5) is 28.0. The van der Waals surface area contributed by atoms with Crippen LogP contribution in [0.3, 0.4) is 0 Å². The fourth-order valence-electron chi connectivity index (χ4n) is 1.88. The number of aromatic nitrogens is 2. The zero-order valence-electron chi connectivity index (χ0n) is 13.5. The van der Waals surface area contributed by atoms with Crippen LogP contribution >= 0.6 is 57.5 Å². The zero-order chi connectivity index (χ0) is 17.8. The number of thioether (sulfide) groups is 2. The van der Waals surface area contributed by atoms with Gasteiger partial charge in [-0.2, -0.15) is 0 Å². The molecule has 0 spiro atoms. The number of hydrogen-bond donors (Lipinski definition) is 0. The van der Waals surface area contributed by atoms with Crippen molar-refractivity contribution in [2.75, 3.05) is 11.5 Å². The number of rotatable bonds is 8. The second kappa shape index (κ2) is 8.59. The third-order valence-corrected chi connectivity index (χ3v) is 8.35. The lowest BCUT2D eigenvalue weighted by Gasteiger charge is -1.95. The first kappa shape index (κ1) is 18.8. The number of aryl methyl sites for hydroxylation is 2. The van der Waals surface area contributed by atoms with Crippen LogP contribution in [0.2, 0.25) is 0 Å². The molecule has 0 amide bonds. The van der Waals surface area contributed by atoms with Gasteiger partial charge in [0, 0.05) is 9.75 Å². The molecule has 0 fully saturated rings. The first-order valence-electron chi connectivity index (χ1n) is 7.29. The van der Waals surface area contributed by atoms with E-state index in [1.165, 1.54) is 57.5 Å². The van der Waals surface area contributed by atoms with Crippen LogP contribution in [0.15, 0.2) is 32.9 Å². The quantitative estimate of drug-likeness (QED) is 0.363. The zero-order valence-corrected chi connectivity index (χ0v) is 17.6. The van der Waals surface area contributed by atoms with E-state index >= 15 is 0 Å². The van der Waals surface area contributed by atoms with Crippen LogP contribution in [0, 0.1) is 13.8 Å². The van der Waals surface area contributed by atoms with Crippen molar-refractivity contribution in [3.05, 3.63) is 43.8 Å². The average molecular weight is 427 g/mol. The summed E-state index contributed by atoms with van der Waals surface area (Å²) in [5.41, 5.74) is 0. The van der Waals surface area contributed by atoms with Crippen LogP contribution in [-0.2, 0) is 0 Å². The molecule has 0 aliphatic carbocycles. The van der Waals surface area contributed by atoms with E-state index in [1.54, 1.807) is 0 Å². The lowest BCUT2D eigenvalue weighted by atomic mass is 10.3. The second-order valence-corrected chi connectivity index (χ2v) is 11.1. The Hall–Kier alpha value is -1.000. The fraction of sp³-hybridized carbons (Fsp3) is 0.250. The molecule has 0 atom stereocenters. The Labute approximate surface area is 166 Å². The van der Waals surface area contributed by atoms with E-state index in [0.29, 0.717) is 11.5 Å². The summed E-state index contributed by atoms with van der Waals surface area (Å²) in [6.07, 6.45) is 0. The van der Waals surface area contributed by atoms with Gasteiger partial charge in [-0.1, -0.05) is 34.9 Å². The summed E-state index contributed by atoms with van der Waals surface area (Å²) in [6.45, 7) is 3.98. The van der Waals surface area contributed by atoms with Crippen molar-refractivity contribution in [2.45, 2.75) is 22.5 Å². The van der Waals surface area contributed by atoms with Gasteiger partial charge in [-0.05, 0) is 38.1 Å². The highest BCUT2D eigenvalue weighted by Gasteiger charge is 2.14. The molecular weight excluding hydrogens is 413 g/mol. The number of ketones is 2. The van der Waals surface area contributed by atoms with E-state index in [1.807, 2.05) is 38.1 Å². The Morgan fingerprint density at radius 1 is 0.800 bits per heavy atom. The van der Waals surface area contributed by atoms with Crippen molar-refractivity contribution in [3.63, 3.8) is 0 Å². The monoisotopic (exact) mass is 426 g/mol. The topological polar surface area (TPSA) is 59.9 Å². The summed E-state index contributed by atoms with van der Waals surface area (Å²) in [5.74, 6) is 0.922. The second-order valence-electron chi connectivity index (χ2n) is 5.08. The van der Waals surface area contributed by atoms with E-state index in [0.717, 1.165) is 28.2 Å². The summed E-state index contributed by atoms with van der Waals surface area (Å²) in [5, 5.41) is 8.19. The highest BCUT2D eigenvalue weighted by molar-refractivity contribution is 8.03. The minimum Gasteiger partial charge on any atom is -0.292 e. The van der Waals surface area contributed by atoms with Gasteiger partial charge in [-0.15, -0.1) is 32.9 Å². The maximum atomic E-state index is 12.1. The van der Waals surface area contributed by atoms with Gasteiger partial charge in [-0.25, -0.2) is 0 Å². The lowest BCUT2D eigenvalue weighted by molar-refractivity contribution is 0.101. The summed E-state index contributed by atoms with van der Waals surface area (Å²) in [7, 11) is 0. The van der Waals surface area contributed by atoms with E-state index in [4.69, 9.17) is 0 Å². The fourth-order valence-corrected chi connectivity index (χ4v) is 6.46. The van der Waals surface area contributed by atoms with Gasteiger partial charge >= 0.3 is 0 Å². The minimum absolute atomic E-state index is 0.107. The predicted molar refractivity (Wildman–Crippen MR) is 108 cm³/mol. The van der Waals surface area contributed by atoms with Crippen molar-refractivity contribution in [2.24, 2.45) is 0 Å². The molecule has 3 aromatic rings. The SMILES string of the molecule is Cc1ccc(C(=O)CSc2nnc(SCC(=O)c3ccc(C)s3)s2)s1. The highest BCUT2D eigenvalue weighted by Crippen LogP contribution is 2.30. The van der Waals surface area contributed by atoms with Crippen LogP contribution in [0.1, 0.15) is 29.1 Å². The normalized spacial score (nSPS) is 11.0. The molecule has 0 bridgehead atoms. The molecule has 0 saturated heterocycles. The Balaban J connectivity index is 1.49. The van der Waals surface area contributed by atoms with Gasteiger partial charge in [-0.3, -0.25) is 9.59 Å². The molecule has 25 heavy (non-hydrogen) atoms. The van der Waals surface area contributed by atoms with Crippen molar-refractivity contribution < 1.29 is 9.59 Å². The summed E-state index contributed by atoms with van der Waals surface area (Å²) >= 11 is 7.23. The Morgan fingerprint density at radius 3 is 1.60 bits per heavy atom. The molecule has 4 nitrogen and oxygen atoms in total. The first-order valence-corrected chi connectivity index (χ1v) is 11.7. The maximum Gasteiger partial charge on any atom is 0.183 e. The van der Waals surface area contributed by atoms with Gasteiger partial charge in [0.2, 0.25) is 0 Å². The predicted octanol–water partition coefficient (Wildman–Crippen LogP) is 5.23. The van der Waals surface area contributed by atoms with Gasteiger partial charge in [0.25, 0.3) is 0 Å². The van der Waals surface area contributed by atoms with Crippen LogP contribution in [-0.4, -0.2) is 33.3 Å². The van der Waals surface area contributed by atoms with Gasteiger partial charge in [0.1, 0.15) is 0 Å². The highest BCUT2D eigenvalue weighted by atomic mass is 32.2. The Bertz CT molecular complexity index is 825. The molecule has 0 aliphatic rings. The number of thiophene rings is 2. The Morgan fingerprint density at radius 2 is 1.24 bits per heavy atom. The maximum absolute atomic E-state index is 12.1. The molecule has 0 N–H and O–H groups in total. The van der Waals surface area contributed by atoms with E-state index in [9.17, 15) is 9.59 Å². The van der Waals surface area contributed by atoms with Crippen molar-refractivity contribution >= 4 is 69.1 Å². The minimum atomic E-state index is 0.107. The van der Waals surface area contributed by atoms with Crippen molar-refractivity contribution in [1.29, 1.82) is 0 Å². The van der Waals surface area contributed by atoms with Gasteiger partial charge < -0.3 is 0 Å². The molecule has 3 aromatic heterocycles. The van der Waals surface area contributed by atoms with Crippen LogP contribution in [0.5, 0.6) is 0 Å². The molecule has 3 rings (SSSR count). The van der Waals surface area contributed by atoms with Crippen LogP contribution < -0.4 is 0 Å². The summed E-state index contributed by atoms with van der Waals surface area (Å²) < 4.78 is 1.51. The molecule has 3 heterocycles. The van der Waals surface area contributed by atoms with Crippen molar-refractivity contribution in [1.82, 2.24) is 10.2 Å². The smallest absolute Gasteiger partial charge is 0.183 e. The average Bonchev–Trinajstić information content (AvgIpc) is 3.31. The molecule has 0 saturated carbocycles. The molecule has 0 radical (unpaired) electrons. The largest absolute Gasteiger partial charge is 0.292 e. The summed E-state index contributed by atoms with van der Waals surface area (Å²) in [6, 6.07) is 7.63. The molecule has 0 aromatic carbocycles. The Kier molecular flexibility index (Phi) is 6.45. The molecule has 0 unspecified atom stereocenters. The number of carbonyl (C=O) groups is 2. The van der Waals surface area contributed by atoms with Crippen LogP contribution in [0.25, 0.3) is 0 Å². The molecular formula is C16H14N2O2S5. The third kappa shape index (κ3) is 5.24. The number of hydrogen-bond acceptors (Lipinski definition) is 9. The lowest BCUT2D eigenvalue weighted by Crippen LogP contribution is -1.98. The first-order chi connectivity index (χ1) is 12.0. The van der Waals surface area contributed by atoms with Crippen molar-refractivity contribution in [3.8, 4) is 0 Å². The van der Waals surface area contributed by atoms with E-state index in [2.05, 4.69) is 10.2 Å².